The van der Waals surface area contributed by atoms with Crippen LogP contribution in [0.4, 0.5) is 0 Å². The normalized spacial score (nSPS) is 15.8. The van der Waals surface area contributed by atoms with E-state index in [1.54, 1.807) is 0 Å². The highest BCUT2D eigenvalue weighted by Gasteiger charge is 2.41. The lowest BCUT2D eigenvalue weighted by Gasteiger charge is -2.35. The monoisotopic (exact) mass is 664 g/mol. The van der Waals surface area contributed by atoms with Gasteiger partial charge in [0.2, 0.25) is 0 Å². The Morgan fingerprint density at radius 1 is 0.529 bits per heavy atom. The molecule has 2 aromatic heterocycles. The van der Waals surface area contributed by atoms with Crippen molar-refractivity contribution in [1.29, 1.82) is 0 Å². The summed E-state index contributed by atoms with van der Waals surface area (Å²) in [7, 11) is 0. The van der Waals surface area contributed by atoms with E-state index in [0.717, 1.165) is 54.1 Å². The number of nitrogens with zero attached hydrogens (tertiary/aromatic N) is 2. The second kappa shape index (κ2) is 10.7. The fraction of sp³-hybridized carbons (Fsp3) is 0.261. The summed E-state index contributed by atoms with van der Waals surface area (Å²) in [6, 6.07) is 36.3. The van der Waals surface area contributed by atoms with Gasteiger partial charge in [0.1, 0.15) is 23.0 Å². The Morgan fingerprint density at radius 3 is 1.49 bits per heavy atom. The summed E-state index contributed by atoms with van der Waals surface area (Å²) >= 11 is 0. The molecule has 0 unspecified atom stereocenters. The zero-order valence-electron chi connectivity index (χ0n) is 29.7. The van der Waals surface area contributed by atoms with Crippen LogP contribution in [0.15, 0.2) is 97.1 Å². The van der Waals surface area contributed by atoms with Gasteiger partial charge in [-0.3, -0.25) is 0 Å². The highest BCUT2D eigenvalue weighted by molar-refractivity contribution is 6.98. The Kier molecular flexibility index (Phi) is 6.19. The zero-order chi connectivity index (χ0) is 34.0. The molecule has 0 saturated heterocycles. The van der Waals surface area contributed by atoms with Gasteiger partial charge in [-0.15, -0.1) is 0 Å². The molecule has 0 N–H and O–H groups in total. The lowest BCUT2D eigenvalue weighted by molar-refractivity contribution is 0.458. The molecule has 5 aromatic carbocycles. The summed E-state index contributed by atoms with van der Waals surface area (Å²) in [5.41, 5.74) is 15.6. The second-order valence-electron chi connectivity index (χ2n) is 16.2. The van der Waals surface area contributed by atoms with Gasteiger partial charge in [0, 0.05) is 51.1 Å². The van der Waals surface area contributed by atoms with E-state index in [1.165, 1.54) is 97.9 Å². The fourth-order valence-electron chi connectivity index (χ4n) is 9.76. The van der Waals surface area contributed by atoms with Crippen molar-refractivity contribution >= 4 is 44.9 Å². The van der Waals surface area contributed by atoms with E-state index in [0.29, 0.717) is 0 Å². The quantitative estimate of drug-likeness (QED) is 0.172. The van der Waals surface area contributed by atoms with Crippen LogP contribution in [-0.4, -0.2) is 15.8 Å². The van der Waals surface area contributed by atoms with Crippen LogP contribution >= 0.6 is 0 Å². The molecular formula is C46H41BN2O2. The summed E-state index contributed by atoms with van der Waals surface area (Å²) in [6.45, 7) is 6.82. The van der Waals surface area contributed by atoms with Crippen LogP contribution < -0.4 is 25.9 Å². The Morgan fingerprint density at radius 2 is 1.00 bits per heavy atom. The number of ether oxygens (including phenoxy) is 2. The van der Waals surface area contributed by atoms with Crippen LogP contribution in [-0.2, 0) is 31.1 Å². The van der Waals surface area contributed by atoms with Crippen molar-refractivity contribution in [2.75, 3.05) is 0 Å². The maximum Gasteiger partial charge on any atom is 0.260 e. The largest absolute Gasteiger partial charge is 0.458 e. The molecule has 4 heterocycles. The number of hydrogen-bond donors (Lipinski definition) is 0. The Bertz CT molecular complexity index is 2430. The lowest BCUT2D eigenvalue weighted by atomic mass is 9.34. The standard InChI is InChI=1S/C46H41BN2O2/c1-46(2,3)28-24-43-45-44(25-28)51-42-27-30(49-39-18-10-6-14-33(39)34-15-7-11-19-40(34)49)21-23-36(42)47(45)35-22-20-29(26-41(35)50-43)48-37-16-8-4-12-31(37)32-13-5-9-17-38(32)48/h4,6,8,10,12,14,16,18,20-27H,5,7,9,11,13,15,17,19H2,1-3H3. The van der Waals surface area contributed by atoms with Gasteiger partial charge in [0.15, 0.2) is 0 Å². The van der Waals surface area contributed by atoms with Gasteiger partial charge in [0.25, 0.3) is 6.71 Å². The van der Waals surface area contributed by atoms with Crippen LogP contribution in [0, 0.1) is 0 Å². The second-order valence-corrected chi connectivity index (χ2v) is 16.2. The Balaban J connectivity index is 1.10. The molecule has 0 saturated carbocycles. The highest BCUT2D eigenvalue weighted by Crippen LogP contribution is 2.42. The zero-order valence-corrected chi connectivity index (χ0v) is 29.7. The van der Waals surface area contributed by atoms with Gasteiger partial charge in [-0.05, 0) is 121 Å². The number of rotatable bonds is 2. The molecule has 0 amide bonds. The average molecular weight is 665 g/mol. The molecule has 4 nitrogen and oxygen atoms in total. The van der Waals surface area contributed by atoms with Gasteiger partial charge < -0.3 is 18.6 Å². The molecule has 4 aliphatic rings. The van der Waals surface area contributed by atoms with Gasteiger partial charge in [-0.25, -0.2) is 0 Å². The fourth-order valence-corrected chi connectivity index (χ4v) is 9.76. The van der Waals surface area contributed by atoms with Crippen LogP contribution in [0.3, 0.4) is 0 Å². The molecule has 51 heavy (non-hydrogen) atoms. The summed E-state index contributed by atoms with van der Waals surface area (Å²) in [6.07, 6.45) is 9.51. The van der Waals surface area contributed by atoms with Gasteiger partial charge in [0.05, 0.1) is 11.0 Å². The first-order valence-corrected chi connectivity index (χ1v) is 19.0. The lowest BCUT2D eigenvalue weighted by Crippen LogP contribution is -2.57. The average Bonchev–Trinajstić information content (AvgIpc) is 3.67. The third-order valence-electron chi connectivity index (χ3n) is 12.2. The number of hydrogen-bond acceptors (Lipinski definition) is 2. The van der Waals surface area contributed by atoms with E-state index in [2.05, 4.69) is 127 Å². The topological polar surface area (TPSA) is 28.3 Å². The van der Waals surface area contributed by atoms with Crippen LogP contribution in [0.25, 0.3) is 33.2 Å². The SMILES string of the molecule is CC(C)(C)c1cc2c3c(c1)Oc1cc(-n4c5c(c6ccccc64)CCCC5)ccc1B3c1ccc(-n3c4c(c5ccccc53)CCCC4)cc1O2. The molecule has 0 radical (unpaired) electrons. The van der Waals surface area contributed by atoms with Crippen LogP contribution in [0.1, 0.15) is 74.5 Å². The molecule has 11 rings (SSSR count). The van der Waals surface area contributed by atoms with Crippen molar-refractivity contribution in [2.45, 2.75) is 77.6 Å². The number of fused-ring (bicyclic) bond motifs is 10. The van der Waals surface area contributed by atoms with Crippen molar-refractivity contribution < 1.29 is 9.47 Å². The minimum absolute atomic E-state index is 0.0188. The maximum absolute atomic E-state index is 6.97. The van der Waals surface area contributed by atoms with Gasteiger partial charge >= 0.3 is 0 Å². The van der Waals surface area contributed by atoms with Crippen molar-refractivity contribution in [3.63, 3.8) is 0 Å². The minimum Gasteiger partial charge on any atom is -0.458 e. The molecular weight excluding hydrogens is 623 g/mol. The predicted octanol–water partition coefficient (Wildman–Crippen LogP) is 9.36. The molecule has 0 bridgehead atoms. The van der Waals surface area contributed by atoms with E-state index in [4.69, 9.17) is 9.47 Å². The number of aryl methyl sites for hydroxylation is 2. The summed E-state index contributed by atoms with van der Waals surface area (Å²) in [4.78, 5) is 0. The summed E-state index contributed by atoms with van der Waals surface area (Å²) < 4.78 is 18.9. The first kappa shape index (κ1) is 29.6. The van der Waals surface area contributed by atoms with Crippen molar-refractivity contribution in [2.24, 2.45) is 0 Å². The minimum atomic E-state index is -0.0652. The highest BCUT2D eigenvalue weighted by atomic mass is 16.5. The molecule has 7 aromatic rings. The maximum atomic E-state index is 6.97. The van der Waals surface area contributed by atoms with Crippen LogP contribution in [0.2, 0.25) is 0 Å². The smallest absolute Gasteiger partial charge is 0.260 e. The van der Waals surface area contributed by atoms with Gasteiger partial charge in [-0.2, -0.15) is 0 Å². The molecule has 0 fully saturated rings. The number of benzene rings is 5. The van der Waals surface area contributed by atoms with Crippen molar-refractivity contribution in [1.82, 2.24) is 9.13 Å². The first-order valence-electron chi connectivity index (χ1n) is 19.0. The Hall–Kier alpha value is -5.16. The number of para-hydroxylation sites is 2. The summed E-state index contributed by atoms with van der Waals surface area (Å²) in [5, 5.41) is 2.78. The van der Waals surface area contributed by atoms with E-state index in [9.17, 15) is 0 Å². The van der Waals surface area contributed by atoms with Crippen molar-refractivity contribution in [3.8, 4) is 34.4 Å². The molecule has 2 aliphatic heterocycles. The third-order valence-corrected chi connectivity index (χ3v) is 12.2. The molecule has 250 valence electrons. The number of aromatic nitrogens is 2. The van der Waals surface area contributed by atoms with Crippen LogP contribution in [0.5, 0.6) is 23.0 Å². The van der Waals surface area contributed by atoms with E-state index in [-0.39, 0.29) is 12.1 Å². The summed E-state index contributed by atoms with van der Waals surface area (Å²) in [5.74, 6) is 3.69. The van der Waals surface area contributed by atoms with E-state index >= 15 is 0 Å². The molecule has 5 heteroatoms. The third kappa shape index (κ3) is 4.27. The van der Waals surface area contributed by atoms with Gasteiger partial charge in [-0.1, -0.05) is 69.3 Å². The molecule has 0 spiro atoms. The first-order chi connectivity index (χ1) is 24.9. The molecule has 0 atom stereocenters. The molecule has 2 aliphatic carbocycles. The van der Waals surface area contributed by atoms with E-state index < -0.39 is 0 Å². The Labute approximate surface area is 299 Å². The van der Waals surface area contributed by atoms with E-state index in [1.807, 2.05) is 0 Å². The predicted molar refractivity (Wildman–Crippen MR) is 210 cm³/mol. The van der Waals surface area contributed by atoms with Crippen molar-refractivity contribution in [3.05, 3.63) is 125 Å².